The van der Waals surface area contributed by atoms with Gasteiger partial charge in [0.15, 0.2) is 0 Å². The Morgan fingerprint density at radius 1 is 0.492 bits per heavy atom. The Bertz CT molecular complexity index is 2360. The Hall–Kier alpha value is -3.22. The van der Waals surface area contributed by atoms with Crippen LogP contribution in [0.4, 0.5) is 0 Å². The molecule has 11 heteroatoms. The normalized spacial score (nSPS) is 11.6. The zero-order valence-electron chi connectivity index (χ0n) is 38.6. The second-order valence-electron chi connectivity index (χ2n) is 16.9. The number of thiophene rings is 4. The van der Waals surface area contributed by atoms with E-state index in [-0.39, 0.29) is 11.9 Å². The van der Waals surface area contributed by atoms with E-state index in [1.54, 1.807) is 0 Å². The fraction of sp³-hybridized carbons (Fsp3) is 0.538. The van der Waals surface area contributed by atoms with Gasteiger partial charge in [0.1, 0.15) is 11.0 Å². The van der Waals surface area contributed by atoms with Crippen LogP contribution in [0.15, 0.2) is 36.4 Å². The van der Waals surface area contributed by atoms with Gasteiger partial charge in [-0.1, -0.05) is 77.3 Å². The highest BCUT2D eigenvalue weighted by Crippen LogP contribution is 2.51. The second kappa shape index (κ2) is 25.5. The van der Waals surface area contributed by atoms with Gasteiger partial charge >= 0.3 is 11.9 Å². The minimum atomic E-state index is -0.0955. The van der Waals surface area contributed by atoms with E-state index in [0.717, 1.165) is 75.2 Å². The van der Waals surface area contributed by atoms with Crippen LogP contribution in [0, 0.1) is 13.8 Å². The standard InChI is InChI=1S/C52H68N2O4S5/c1-7-11-13-17-23-37-31-36(6)59-49(37)43-33-39(25-19-15-21-27-45(55)57-9-3)51(61-43)52-40(26-20-16-22-28-46(56)58-10-4)34-44(62-52)50-38(24-18-14-12-8-2)32-42(60-50)41-30-29-35(5)47-48(41)54-63-53-47/h29-34H,7-28H2,1-6H3. The van der Waals surface area contributed by atoms with Crippen LogP contribution in [0.25, 0.3) is 50.7 Å². The number of unbranched alkanes of at least 4 members (excludes halogenated alkanes) is 10. The molecule has 0 saturated carbocycles. The van der Waals surface area contributed by atoms with E-state index < -0.39 is 0 Å². The van der Waals surface area contributed by atoms with Gasteiger partial charge in [-0.25, -0.2) is 0 Å². The Kier molecular flexibility index (Phi) is 19.9. The average Bonchev–Trinajstić information content (AvgIpc) is 4.12. The highest BCUT2D eigenvalue weighted by Gasteiger charge is 2.24. The van der Waals surface area contributed by atoms with Gasteiger partial charge in [-0.15, -0.1) is 45.3 Å². The molecule has 0 aliphatic carbocycles. The first-order valence-corrected chi connectivity index (χ1v) is 27.8. The minimum Gasteiger partial charge on any atom is -0.466 e. The Balaban J connectivity index is 1.41. The topological polar surface area (TPSA) is 78.4 Å². The molecule has 6 nitrogen and oxygen atoms in total. The molecule has 0 radical (unpaired) electrons. The fourth-order valence-electron chi connectivity index (χ4n) is 8.42. The molecule has 5 heterocycles. The molecular weight excluding hydrogens is 877 g/mol. The van der Waals surface area contributed by atoms with Gasteiger partial charge in [0.25, 0.3) is 0 Å². The molecule has 0 atom stereocenters. The molecule has 6 rings (SSSR count). The number of carbonyl (C=O) groups excluding carboxylic acids is 2. The highest BCUT2D eigenvalue weighted by molar-refractivity contribution is 7.29. The van der Waals surface area contributed by atoms with Crippen molar-refractivity contribution in [3.8, 4) is 39.7 Å². The summed E-state index contributed by atoms with van der Waals surface area (Å²) in [6, 6.07) is 14.4. The van der Waals surface area contributed by atoms with Gasteiger partial charge < -0.3 is 9.47 Å². The summed E-state index contributed by atoms with van der Waals surface area (Å²) in [7, 11) is 0. The van der Waals surface area contributed by atoms with E-state index in [1.807, 2.05) is 59.2 Å². The molecule has 6 aromatic rings. The van der Waals surface area contributed by atoms with Crippen LogP contribution < -0.4 is 0 Å². The van der Waals surface area contributed by atoms with Crippen molar-refractivity contribution in [2.24, 2.45) is 0 Å². The third-order valence-corrected chi connectivity index (χ3v) is 17.5. The van der Waals surface area contributed by atoms with Gasteiger partial charge in [0.05, 0.1) is 24.9 Å². The van der Waals surface area contributed by atoms with Crippen molar-refractivity contribution in [3.05, 3.63) is 69.1 Å². The first-order chi connectivity index (χ1) is 30.7. The number of esters is 2. The lowest BCUT2D eigenvalue weighted by Gasteiger charge is -2.07. The molecule has 0 unspecified atom stereocenters. The van der Waals surface area contributed by atoms with E-state index in [4.69, 9.17) is 13.8 Å². The number of fused-ring (bicyclic) bond motifs is 1. The number of benzene rings is 1. The molecule has 1 aromatic carbocycles. The number of hydrogen-bond acceptors (Lipinski definition) is 11. The van der Waals surface area contributed by atoms with Crippen molar-refractivity contribution in [1.29, 1.82) is 0 Å². The first-order valence-electron chi connectivity index (χ1n) is 23.8. The molecule has 0 bridgehead atoms. The van der Waals surface area contributed by atoms with Crippen molar-refractivity contribution >= 4 is 80.0 Å². The number of aromatic nitrogens is 2. The maximum absolute atomic E-state index is 12.2. The van der Waals surface area contributed by atoms with Crippen LogP contribution in [-0.4, -0.2) is 33.9 Å². The van der Waals surface area contributed by atoms with Crippen molar-refractivity contribution < 1.29 is 19.1 Å². The molecule has 0 aliphatic rings. The van der Waals surface area contributed by atoms with Crippen molar-refractivity contribution in [3.63, 3.8) is 0 Å². The zero-order valence-corrected chi connectivity index (χ0v) is 42.7. The smallest absolute Gasteiger partial charge is 0.305 e. The third-order valence-electron chi connectivity index (χ3n) is 11.8. The summed E-state index contributed by atoms with van der Waals surface area (Å²) in [5.41, 5.74) is 10.1. The Morgan fingerprint density at radius 2 is 0.937 bits per heavy atom. The lowest BCUT2D eigenvalue weighted by Crippen LogP contribution is -2.03. The summed E-state index contributed by atoms with van der Waals surface area (Å²) in [6.07, 6.45) is 20.8. The summed E-state index contributed by atoms with van der Waals surface area (Å²) in [6.45, 7) is 13.6. The van der Waals surface area contributed by atoms with Crippen LogP contribution in [0.3, 0.4) is 0 Å². The molecule has 0 amide bonds. The Morgan fingerprint density at radius 3 is 1.46 bits per heavy atom. The monoisotopic (exact) mass is 944 g/mol. The molecule has 0 spiro atoms. The van der Waals surface area contributed by atoms with Crippen LogP contribution >= 0.6 is 57.1 Å². The average molecular weight is 945 g/mol. The first kappa shape index (κ1) is 49.2. The van der Waals surface area contributed by atoms with Crippen molar-refractivity contribution in [2.45, 2.75) is 170 Å². The molecule has 0 fully saturated rings. The SMILES string of the molecule is CCCCCCc1cc(C)sc1-c1cc(CCCCCC(=O)OCC)c(-c2sc(-c3sc(-c4ccc(C)c5nsnc45)cc3CCCCCC)cc2CCCCCC(=O)OCC)s1. The van der Waals surface area contributed by atoms with E-state index in [2.05, 4.69) is 68.5 Å². The van der Waals surface area contributed by atoms with Crippen LogP contribution in [0.5, 0.6) is 0 Å². The van der Waals surface area contributed by atoms with E-state index in [1.165, 1.54) is 135 Å². The summed E-state index contributed by atoms with van der Waals surface area (Å²) in [4.78, 5) is 35.4. The number of aryl methyl sites for hydroxylation is 6. The summed E-state index contributed by atoms with van der Waals surface area (Å²) >= 11 is 9.15. The van der Waals surface area contributed by atoms with E-state index in [0.29, 0.717) is 26.1 Å². The summed E-state index contributed by atoms with van der Waals surface area (Å²) < 4.78 is 20.0. The number of hydrogen-bond donors (Lipinski definition) is 0. The van der Waals surface area contributed by atoms with E-state index >= 15 is 0 Å². The third kappa shape index (κ3) is 13.7. The number of nitrogens with zero attached hydrogens (tertiary/aromatic N) is 2. The molecule has 340 valence electrons. The number of carbonyl (C=O) groups is 2. The van der Waals surface area contributed by atoms with Gasteiger partial charge in [-0.3, -0.25) is 9.59 Å². The molecule has 0 N–H and O–H groups in total. The Labute approximate surface area is 397 Å². The predicted octanol–water partition coefficient (Wildman–Crippen LogP) is 16.8. The van der Waals surface area contributed by atoms with Gasteiger partial charge in [0, 0.05) is 57.4 Å². The molecular formula is C52H68N2O4S5. The quantitative estimate of drug-likeness (QED) is 0.0360. The molecule has 5 aromatic heterocycles. The zero-order chi connectivity index (χ0) is 44.6. The van der Waals surface area contributed by atoms with Gasteiger partial charge in [-0.2, -0.15) is 8.75 Å². The second-order valence-corrected chi connectivity index (χ2v) is 21.8. The predicted molar refractivity (Wildman–Crippen MR) is 273 cm³/mol. The lowest BCUT2D eigenvalue weighted by molar-refractivity contribution is -0.144. The summed E-state index contributed by atoms with van der Waals surface area (Å²) in [5.74, 6) is -0.188. The highest BCUT2D eigenvalue weighted by atomic mass is 32.1. The van der Waals surface area contributed by atoms with Crippen molar-refractivity contribution in [1.82, 2.24) is 8.75 Å². The van der Waals surface area contributed by atoms with E-state index in [9.17, 15) is 9.59 Å². The largest absolute Gasteiger partial charge is 0.466 e. The van der Waals surface area contributed by atoms with Crippen molar-refractivity contribution in [2.75, 3.05) is 13.2 Å². The molecule has 0 aliphatic heterocycles. The van der Waals surface area contributed by atoms with Crippen LogP contribution in [-0.2, 0) is 44.7 Å². The van der Waals surface area contributed by atoms with Gasteiger partial charge in [-0.05, 0) is 144 Å². The number of ether oxygens (including phenoxy) is 2. The maximum atomic E-state index is 12.2. The van der Waals surface area contributed by atoms with Crippen LogP contribution in [0.1, 0.15) is 163 Å². The van der Waals surface area contributed by atoms with Crippen LogP contribution in [0.2, 0.25) is 0 Å². The summed E-state index contributed by atoms with van der Waals surface area (Å²) in [5, 5.41) is 0. The van der Waals surface area contributed by atoms with Gasteiger partial charge in [0.2, 0.25) is 0 Å². The number of rotatable bonds is 28. The lowest BCUT2D eigenvalue weighted by atomic mass is 10.0. The fourth-order valence-corrected chi connectivity index (χ4v) is 14.2. The molecule has 63 heavy (non-hydrogen) atoms. The minimum absolute atomic E-state index is 0.0925. The maximum Gasteiger partial charge on any atom is 0.305 e. The molecule has 0 saturated heterocycles.